The summed E-state index contributed by atoms with van der Waals surface area (Å²) in [5, 5.41) is 5.41. The lowest BCUT2D eigenvalue weighted by Crippen LogP contribution is -2.43. The molecule has 1 aromatic heterocycles. The van der Waals surface area contributed by atoms with Gasteiger partial charge in [-0.05, 0) is 49.2 Å². The lowest BCUT2D eigenvalue weighted by atomic mass is 10.2. The van der Waals surface area contributed by atoms with E-state index in [0.29, 0.717) is 35.2 Å². The van der Waals surface area contributed by atoms with Crippen molar-refractivity contribution in [3.8, 4) is 0 Å². The summed E-state index contributed by atoms with van der Waals surface area (Å²) < 4.78 is 36.1. The van der Waals surface area contributed by atoms with Gasteiger partial charge in [-0.2, -0.15) is 13.1 Å². The molecule has 0 radical (unpaired) electrons. The number of nitrogens with one attached hydrogen (secondary N) is 2. The minimum absolute atomic E-state index is 0.0631. The summed E-state index contributed by atoms with van der Waals surface area (Å²) in [6.07, 6.45) is 1.02. The fourth-order valence-corrected chi connectivity index (χ4v) is 5.88. The van der Waals surface area contributed by atoms with Crippen molar-refractivity contribution in [2.24, 2.45) is 0 Å². The summed E-state index contributed by atoms with van der Waals surface area (Å²) >= 11 is 0.951. The van der Waals surface area contributed by atoms with Crippen molar-refractivity contribution in [1.82, 2.24) is 13.1 Å². The zero-order valence-corrected chi connectivity index (χ0v) is 17.7. The summed E-state index contributed by atoms with van der Waals surface area (Å²) in [6.45, 7) is 1.67. The van der Waals surface area contributed by atoms with Gasteiger partial charge in [-0.3, -0.25) is 9.59 Å². The number of hydrogen-bond acceptors (Lipinski definition) is 7. The fourth-order valence-electron chi connectivity index (χ4n) is 3.47. The Kier molecular flexibility index (Phi) is 5.50. The van der Waals surface area contributed by atoms with Gasteiger partial charge in [0.1, 0.15) is 22.0 Å². The Bertz CT molecular complexity index is 1210. The van der Waals surface area contributed by atoms with Gasteiger partial charge in [0.2, 0.25) is 21.8 Å². The first kappa shape index (κ1) is 20.4. The smallest absolute Gasteiger partial charge is 0.246 e. The van der Waals surface area contributed by atoms with Gasteiger partial charge in [0.25, 0.3) is 0 Å². The van der Waals surface area contributed by atoms with E-state index < -0.39 is 22.0 Å². The second-order valence-corrected chi connectivity index (χ2v) is 9.30. The summed E-state index contributed by atoms with van der Waals surface area (Å²) in [5.74, 6) is -0.587. The second kappa shape index (κ2) is 8.09. The van der Waals surface area contributed by atoms with Crippen molar-refractivity contribution in [2.75, 3.05) is 17.2 Å². The minimum Gasteiger partial charge on any atom is -0.326 e. The average Bonchev–Trinajstić information content (AvgIpc) is 3.38. The molecule has 1 fully saturated rings. The van der Waals surface area contributed by atoms with Crippen LogP contribution in [0, 0.1) is 0 Å². The van der Waals surface area contributed by atoms with E-state index in [1.54, 1.807) is 36.4 Å². The van der Waals surface area contributed by atoms with Crippen LogP contribution in [-0.4, -0.2) is 45.9 Å². The van der Waals surface area contributed by atoms with Crippen molar-refractivity contribution < 1.29 is 18.0 Å². The normalized spacial score (nSPS) is 17.2. The molecule has 30 heavy (non-hydrogen) atoms. The van der Waals surface area contributed by atoms with Crippen molar-refractivity contribution in [2.45, 2.75) is 30.7 Å². The number of benzene rings is 2. The van der Waals surface area contributed by atoms with Gasteiger partial charge in [0.15, 0.2) is 0 Å². The van der Waals surface area contributed by atoms with Crippen LogP contribution in [0.3, 0.4) is 0 Å². The Hall–Kier alpha value is -2.89. The van der Waals surface area contributed by atoms with Crippen LogP contribution in [0.1, 0.15) is 19.8 Å². The van der Waals surface area contributed by atoms with E-state index in [-0.39, 0.29) is 17.3 Å². The monoisotopic (exact) mass is 445 g/mol. The van der Waals surface area contributed by atoms with E-state index in [4.69, 9.17) is 0 Å². The van der Waals surface area contributed by atoms with Crippen molar-refractivity contribution >= 4 is 56.0 Å². The summed E-state index contributed by atoms with van der Waals surface area (Å²) in [7, 11) is -3.91. The van der Waals surface area contributed by atoms with Crippen molar-refractivity contribution in [1.29, 1.82) is 0 Å². The molecule has 0 aliphatic carbocycles. The maximum atomic E-state index is 13.3. The van der Waals surface area contributed by atoms with E-state index in [2.05, 4.69) is 19.4 Å². The number of amides is 2. The van der Waals surface area contributed by atoms with E-state index >= 15 is 0 Å². The highest BCUT2D eigenvalue weighted by atomic mass is 32.2. The Labute approximate surface area is 177 Å². The van der Waals surface area contributed by atoms with Gasteiger partial charge in [-0.15, -0.1) is 0 Å². The fraction of sp³-hybridized carbons (Fsp3) is 0.263. The van der Waals surface area contributed by atoms with E-state index in [0.717, 1.165) is 11.7 Å². The van der Waals surface area contributed by atoms with E-state index in [1.165, 1.54) is 17.3 Å². The molecule has 2 heterocycles. The quantitative estimate of drug-likeness (QED) is 0.622. The van der Waals surface area contributed by atoms with E-state index in [9.17, 15) is 18.0 Å². The summed E-state index contributed by atoms with van der Waals surface area (Å²) in [6, 6.07) is 10.6. The number of nitrogens with zero attached hydrogens (tertiary/aromatic N) is 3. The number of carbonyl (C=O) groups excluding carboxylic acids is 2. The summed E-state index contributed by atoms with van der Waals surface area (Å²) in [4.78, 5) is 24.0. The van der Waals surface area contributed by atoms with Crippen LogP contribution >= 0.6 is 11.7 Å². The molecule has 1 saturated heterocycles. The van der Waals surface area contributed by atoms with Crippen molar-refractivity contribution in [3.05, 3.63) is 42.5 Å². The lowest BCUT2D eigenvalue weighted by Gasteiger charge is -2.23. The standard InChI is InChI=1S/C19H19N5O4S2/c1-12(25)20-13-7-9-14(10-8-13)21-19(26)16-5-3-11-24(16)30(27,28)17-6-2-4-15-18(17)23-29-22-15/h2,4,6-10,16H,3,5,11H2,1H3,(H,20,25)(H,21,26)/t16-/m1/s1. The second-order valence-electron chi connectivity index (χ2n) is 6.91. The van der Waals surface area contributed by atoms with E-state index in [1.807, 2.05) is 0 Å². The minimum atomic E-state index is -3.91. The third-order valence-corrected chi connectivity index (χ3v) is 7.30. The highest BCUT2D eigenvalue weighted by Gasteiger charge is 2.40. The Balaban J connectivity index is 1.55. The molecule has 9 nitrogen and oxygen atoms in total. The maximum absolute atomic E-state index is 13.3. The predicted molar refractivity (Wildman–Crippen MR) is 114 cm³/mol. The molecule has 11 heteroatoms. The number of sulfonamides is 1. The molecule has 2 aromatic carbocycles. The van der Waals surface area contributed by atoms with Gasteiger partial charge < -0.3 is 10.6 Å². The molecule has 1 aliphatic rings. The number of aromatic nitrogens is 2. The molecule has 4 rings (SSSR count). The number of fused-ring (bicyclic) bond motifs is 1. The largest absolute Gasteiger partial charge is 0.326 e. The first-order valence-electron chi connectivity index (χ1n) is 9.28. The van der Waals surface area contributed by atoms with Crippen LogP contribution in [0.25, 0.3) is 11.0 Å². The summed E-state index contributed by atoms with van der Waals surface area (Å²) in [5.41, 5.74) is 1.96. The molecule has 0 bridgehead atoms. The number of carbonyl (C=O) groups is 2. The van der Waals surface area contributed by atoms with Gasteiger partial charge in [0, 0.05) is 24.8 Å². The van der Waals surface area contributed by atoms with Crippen LogP contribution in [0.15, 0.2) is 47.4 Å². The molecular weight excluding hydrogens is 426 g/mol. The zero-order chi connectivity index (χ0) is 21.3. The number of rotatable bonds is 5. The van der Waals surface area contributed by atoms with Crippen LogP contribution in [0.5, 0.6) is 0 Å². The predicted octanol–water partition coefficient (Wildman–Crippen LogP) is 2.44. The third-order valence-electron chi connectivity index (χ3n) is 4.81. The third kappa shape index (κ3) is 3.91. The van der Waals surface area contributed by atoms with Gasteiger partial charge in [-0.25, -0.2) is 8.42 Å². The molecule has 0 saturated carbocycles. The molecule has 1 aliphatic heterocycles. The first-order chi connectivity index (χ1) is 14.4. The topological polar surface area (TPSA) is 121 Å². The van der Waals surface area contributed by atoms with Crippen LogP contribution in [0.4, 0.5) is 11.4 Å². The van der Waals surface area contributed by atoms with Crippen LogP contribution in [-0.2, 0) is 19.6 Å². The molecule has 1 atom stereocenters. The van der Waals surface area contributed by atoms with Gasteiger partial charge in [-0.1, -0.05) is 6.07 Å². The number of anilines is 2. The van der Waals surface area contributed by atoms with Crippen LogP contribution < -0.4 is 10.6 Å². The molecule has 0 spiro atoms. The molecule has 3 aromatic rings. The maximum Gasteiger partial charge on any atom is 0.246 e. The first-order valence-corrected chi connectivity index (χ1v) is 11.4. The zero-order valence-electron chi connectivity index (χ0n) is 16.0. The van der Waals surface area contributed by atoms with Crippen LogP contribution in [0.2, 0.25) is 0 Å². The number of hydrogen-bond donors (Lipinski definition) is 2. The molecule has 2 amide bonds. The molecular formula is C19H19N5O4S2. The average molecular weight is 446 g/mol. The molecule has 2 N–H and O–H groups in total. The Morgan fingerprint density at radius 2 is 1.77 bits per heavy atom. The lowest BCUT2D eigenvalue weighted by molar-refractivity contribution is -0.119. The Morgan fingerprint density at radius 1 is 1.07 bits per heavy atom. The van der Waals surface area contributed by atoms with Gasteiger partial charge >= 0.3 is 0 Å². The molecule has 0 unspecified atom stereocenters. The molecule has 156 valence electrons. The van der Waals surface area contributed by atoms with Gasteiger partial charge in [0.05, 0.1) is 11.7 Å². The SMILES string of the molecule is CC(=O)Nc1ccc(NC(=O)[C@H]2CCCN2S(=O)(=O)c2cccc3nsnc23)cc1. The highest BCUT2D eigenvalue weighted by molar-refractivity contribution is 7.89. The van der Waals surface area contributed by atoms with Crippen molar-refractivity contribution in [3.63, 3.8) is 0 Å². The highest BCUT2D eigenvalue weighted by Crippen LogP contribution is 2.30. The Morgan fingerprint density at radius 3 is 2.47 bits per heavy atom.